The number of nitrogens with one attached hydrogen (secondary N) is 2. The van der Waals surface area contributed by atoms with Gasteiger partial charge in [-0.05, 0) is 65.9 Å². The van der Waals surface area contributed by atoms with Gasteiger partial charge in [-0.25, -0.2) is 4.68 Å². The van der Waals surface area contributed by atoms with Gasteiger partial charge in [0.2, 0.25) is 0 Å². The van der Waals surface area contributed by atoms with Crippen LogP contribution in [0.15, 0.2) is 30.6 Å². The number of carbonyl (C=O) groups is 1. The van der Waals surface area contributed by atoms with Crippen LogP contribution in [0.4, 0.5) is 0 Å². The fourth-order valence-electron chi connectivity index (χ4n) is 3.18. The molecule has 1 aromatic carbocycles. The zero-order valence-corrected chi connectivity index (χ0v) is 13.8. The second kappa shape index (κ2) is 6.84. The SMILES string of the molecule is O=C(NCc1n[nH]c2c1CCCCC2)c1ccc(-n2cnnn2)cc1. The second-order valence-electron chi connectivity index (χ2n) is 6.17. The third-order valence-electron chi connectivity index (χ3n) is 4.55. The molecule has 0 atom stereocenters. The third kappa shape index (κ3) is 3.28. The Morgan fingerprint density at radius 3 is 2.80 bits per heavy atom. The Labute approximate surface area is 144 Å². The van der Waals surface area contributed by atoms with Crippen LogP contribution in [-0.4, -0.2) is 36.3 Å². The van der Waals surface area contributed by atoms with E-state index in [4.69, 9.17) is 0 Å². The molecule has 0 radical (unpaired) electrons. The summed E-state index contributed by atoms with van der Waals surface area (Å²) in [4.78, 5) is 12.4. The summed E-state index contributed by atoms with van der Waals surface area (Å²) < 4.78 is 1.54. The predicted molar refractivity (Wildman–Crippen MR) is 90.2 cm³/mol. The highest BCUT2D eigenvalue weighted by molar-refractivity contribution is 5.94. The first kappa shape index (κ1) is 15.5. The van der Waals surface area contributed by atoms with Crippen LogP contribution in [0, 0.1) is 0 Å². The van der Waals surface area contributed by atoms with E-state index >= 15 is 0 Å². The maximum absolute atomic E-state index is 12.4. The van der Waals surface area contributed by atoms with Crippen molar-refractivity contribution in [3.05, 3.63) is 53.1 Å². The topological polar surface area (TPSA) is 101 Å². The number of benzene rings is 1. The van der Waals surface area contributed by atoms with Gasteiger partial charge >= 0.3 is 0 Å². The number of tetrazole rings is 1. The maximum atomic E-state index is 12.4. The van der Waals surface area contributed by atoms with Crippen molar-refractivity contribution in [1.29, 1.82) is 0 Å². The first-order valence-corrected chi connectivity index (χ1v) is 8.48. The summed E-state index contributed by atoms with van der Waals surface area (Å²) in [5.74, 6) is -0.117. The van der Waals surface area contributed by atoms with Crippen LogP contribution < -0.4 is 5.32 Å². The lowest BCUT2D eigenvalue weighted by Crippen LogP contribution is -2.23. The highest BCUT2D eigenvalue weighted by atomic mass is 16.1. The van der Waals surface area contributed by atoms with Gasteiger partial charge in [-0.3, -0.25) is 9.89 Å². The number of rotatable bonds is 4. The molecule has 2 aromatic heterocycles. The molecule has 1 aliphatic rings. The van der Waals surface area contributed by atoms with E-state index in [-0.39, 0.29) is 5.91 Å². The van der Waals surface area contributed by atoms with E-state index in [1.165, 1.54) is 36.8 Å². The van der Waals surface area contributed by atoms with E-state index in [0.29, 0.717) is 12.1 Å². The minimum Gasteiger partial charge on any atom is -0.346 e. The van der Waals surface area contributed by atoms with Crippen molar-refractivity contribution in [2.24, 2.45) is 0 Å². The Balaban J connectivity index is 1.42. The highest BCUT2D eigenvalue weighted by Crippen LogP contribution is 2.21. The van der Waals surface area contributed by atoms with Crippen LogP contribution in [-0.2, 0) is 19.4 Å². The summed E-state index contributed by atoms with van der Waals surface area (Å²) in [7, 11) is 0. The van der Waals surface area contributed by atoms with Gasteiger partial charge in [-0.1, -0.05) is 6.42 Å². The van der Waals surface area contributed by atoms with Crippen LogP contribution in [0.25, 0.3) is 5.69 Å². The molecule has 0 spiro atoms. The summed E-state index contributed by atoms with van der Waals surface area (Å²) in [6.45, 7) is 0.444. The number of aryl methyl sites for hydroxylation is 1. The molecule has 8 heteroatoms. The largest absolute Gasteiger partial charge is 0.346 e. The molecule has 4 rings (SSSR count). The molecule has 0 aliphatic heterocycles. The number of hydrogen-bond donors (Lipinski definition) is 2. The Morgan fingerprint density at radius 2 is 2.00 bits per heavy atom. The number of carbonyl (C=O) groups excluding carboxylic acids is 1. The van der Waals surface area contributed by atoms with Gasteiger partial charge in [0.25, 0.3) is 5.91 Å². The monoisotopic (exact) mass is 337 g/mol. The third-order valence-corrected chi connectivity index (χ3v) is 4.55. The zero-order valence-electron chi connectivity index (χ0n) is 13.8. The number of aromatic amines is 1. The molecule has 0 fully saturated rings. The van der Waals surface area contributed by atoms with Gasteiger partial charge in [-0.15, -0.1) is 5.10 Å². The number of H-pyrrole nitrogens is 1. The van der Waals surface area contributed by atoms with Crippen molar-refractivity contribution in [3.63, 3.8) is 0 Å². The lowest BCUT2D eigenvalue weighted by molar-refractivity contribution is 0.0950. The molecule has 25 heavy (non-hydrogen) atoms. The molecule has 8 nitrogen and oxygen atoms in total. The lowest BCUT2D eigenvalue weighted by Gasteiger charge is -2.06. The average molecular weight is 337 g/mol. The van der Waals surface area contributed by atoms with Crippen molar-refractivity contribution in [2.75, 3.05) is 0 Å². The molecule has 0 saturated carbocycles. The van der Waals surface area contributed by atoms with Crippen molar-refractivity contribution < 1.29 is 4.79 Å². The van der Waals surface area contributed by atoms with Gasteiger partial charge in [-0.2, -0.15) is 5.10 Å². The fourth-order valence-corrected chi connectivity index (χ4v) is 3.18. The molecule has 2 N–H and O–H groups in total. The smallest absolute Gasteiger partial charge is 0.251 e. The molecule has 128 valence electrons. The van der Waals surface area contributed by atoms with Gasteiger partial charge in [0.1, 0.15) is 6.33 Å². The Kier molecular flexibility index (Phi) is 4.24. The summed E-state index contributed by atoms with van der Waals surface area (Å²) in [5, 5.41) is 21.5. The highest BCUT2D eigenvalue weighted by Gasteiger charge is 2.16. The normalized spacial score (nSPS) is 13.9. The molecule has 0 saturated heterocycles. The molecular formula is C17H19N7O. The van der Waals surface area contributed by atoms with Gasteiger partial charge in [0.15, 0.2) is 0 Å². The molecule has 0 bridgehead atoms. The summed E-state index contributed by atoms with van der Waals surface area (Å²) in [5.41, 5.74) is 4.87. The van der Waals surface area contributed by atoms with E-state index in [9.17, 15) is 4.79 Å². The summed E-state index contributed by atoms with van der Waals surface area (Å²) in [6.07, 6.45) is 7.24. The molecule has 1 aliphatic carbocycles. The Bertz CT molecular complexity index is 852. The summed E-state index contributed by atoms with van der Waals surface area (Å²) in [6, 6.07) is 7.15. The van der Waals surface area contributed by atoms with Crippen LogP contribution in [0.3, 0.4) is 0 Å². The molecule has 2 heterocycles. The number of fused-ring (bicyclic) bond motifs is 1. The maximum Gasteiger partial charge on any atom is 0.251 e. The predicted octanol–water partition coefficient (Wildman–Crippen LogP) is 1.58. The van der Waals surface area contributed by atoms with Crippen molar-refractivity contribution in [3.8, 4) is 5.69 Å². The van der Waals surface area contributed by atoms with Crippen molar-refractivity contribution >= 4 is 5.91 Å². The molecule has 0 unspecified atom stereocenters. The van der Waals surface area contributed by atoms with Gasteiger partial charge in [0.05, 0.1) is 17.9 Å². The van der Waals surface area contributed by atoms with Crippen LogP contribution in [0.2, 0.25) is 0 Å². The number of hydrogen-bond acceptors (Lipinski definition) is 5. The average Bonchev–Trinajstić information content (AvgIpc) is 3.25. The van der Waals surface area contributed by atoms with E-state index in [1.54, 1.807) is 16.8 Å². The Hall–Kier alpha value is -3.03. The fraction of sp³-hybridized carbons (Fsp3) is 0.353. The number of amides is 1. The zero-order chi connectivity index (χ0) is 17.1. The van der Waals surface area contributed by atoms with Gasteiger partial charge < -0.3 is 5.32 Å². The quantitative estimate of drug-likeness (QED) is 0.704. The van der Waals surface area contributed by atoms with Crippen LogP contribution in [0.5, 0.6) is 0 Å². The van der Waals surface area contributed by atoms with E-state index < -0.39 is 0 Å². The van der Waals surface area contributed by atoms with Crippen LogP contribution >= 0.6 is 0 Å². The van der Waals surface area contributed by atoms with Crippen molar-refractivity contribution in [2.45, 2.75) is 38.6 Å². The van der Waals surface area contributed by atoms with E-state index in [2.05, 4.69) is 31.0 Å². The first-order chi connectivity index (χ1) is 12.3. The standard InChI is InChI=1S/C17H19N7O/c25-17(12-6-8-13(9-7-12)24-11-19-22-23-24)18-10-16-14-4-2-1-3-5-15(14)20-21-16/h6-9,11H,1-5,10H2,(H,18,25)(H,20,21). The lowest BCUT2D eigenvalue weighted by atomic mass is 10.1. The van der Waals surface area contributed by atoms with Crippen LogP contribution in [0.1, 0.15) is 46.6 Å². The Morgan fingerprint density at radius 1 is 1.16 bits per heavy atom. The molecular weight excluding hydrogens is 318 g/mol. The van der Waals surface area contributed by atoms with Gasteiger partial charge in [0, 0.05) is 11.3 Å². The second-order valence-corrected chi connectivity index (χ2v) is 6.17. The first-order valence-electron chi connectivity index (χ1n) is 8.48. The molecule has 1 amide bonds. The number of aromatic nitrogens is 6. The van der Waals surface area contributed by atoms with E-state index in [0.717, 1.165) is 24.2 Å². The van der Waals surface area contributed by atoms with Crippen molar-refractivity contribution in [1.82, 2.24) is 35.7 Å². The number of nitrogens with zero attached hydrogens (tertiary/aromatic N) is 5. The minimum absolute atomic E-state index is 0.117. The van der Waals surface area contributed by atoms with E-state index in [1.807, 2.05) is 12.1 Å². The minimum atomic E-state index is -0.117. The molecule has 3 aromatic rings. The summed E-state index contributed by atoms with van der Waals surface area (Å²) >= 11 is 0.